The Balaban J connectivity index is 2.45. The van der Waals surface area contributed by atoms with Gasteiger partial charge in [0.25, 0.3) is 5.56 Å². The highest BCUT2D eigenvalue weighted by atomic mass is 35.5. The van der Waals surface area contributed by atoms with E-state index in [1.807, 2.05) is 0 Å². The van der Waals surface area contributed by atoms with Gasteiger partial charge >= 0.3 is 0 Å². The van der Waals surface area contributed by atoms with E-state index in [1.54, 1.807) is 16.8 Å². The number of carbonyl (C=O) groups is 1. The number of hydrogen-bond donors (Lipinski definition) is 0. The fraction of sp³-hybridized carbons (Fsp3) is 0.538. The summed E-state index contributed by atoms with van der Waals surface area (Å²) in [5.74, 6) is 0.474. The topological polar surface area (TPSA) is 39.1 Å². The Morgan fingerprint density at radius 3 is 2.76 bits per heavy atom. The van der Waals surface area contributed by atoms with Crippen LogP contribution in [0.15, 0.2) is 17.1 Å². The highest BCUT2D eigenvalue weighted by Crippen LogP contribution is 2.32. The predicted molar refractivity (Wildman–Crippen MR) is 67.8 cm³/mol. The van der Waals surface area contributed by atoms with E-state index >= 15 is 0 Å². The largest absolute Gasteiger partial charge is 0.311 e. The molecule has 17 heavy (non-hydrogen) atoms. The third-order valence-electron chi connectivity index (χ3n) is 3.65. The fourth-order valence-corrected chi connectivity index (χ4v) is 2.80. The lowest BCUT2D eigenvalue weighted by atomic mass is 9.85. The van der Waals surface area contributed by atoms with Crippen molar-refractivity contribution in [3.05, 3.63) is 33.2 Å². The van der Waals surface area contributed by atoms with Crippen LogP contribution in [0.25, 0.3) is 0 Å². The quantitative estimate of drug-likeness (QED) is 0.760. The number of halogens is 1. The van der Waals surface area contributed by atoms with E-state index in [0.717, 1.165) is 19.3 Å². The molecule has 0 N–H and O–H groups in total. The number of pyridine rings is 1. The van der Waals surface area contributed by atoms with Crippen molar-refractivity contribution in [2.45, 2.75) is 38.6 Å². The fourth-order valence-electron chi connectivity index (χ4n) is 2.62. The molecule has 3 nitrogen and oxygen atoms in total. The summed E-state index contributed by atoms with van der Waals surface area (Å²) in [7, 11) is 0. The first-order valence-corrected chi connectivity index (χ1v) is 6.38. The van der Waals surface area contributed by atoms with Gasteiger partial charge in [0.2, 0.25) is 0 Å². The van der Waals surface area contributed by atoms with Crippen LogP contribution in [-0.4, -0.2) is 10.9 Å². The van der Waals surface area contributed by atoms with Gasteiger partial charge in [-0.3, -0.25) is 9.59 Å². The molecule has 0 spiro atoms. The monoisotopic (exact) mass is 253 g/mol. The molecule has 2 unspecified atom stereocenters. The summed E-state index contributed by atoms with van der Waals surface area (Å²) in [6.45, 7) is 2.16. The Labute approximate surface area is 105 Å². The molecule has 0 amide bonds. The molecule has 0 radical (unpaired) electrons. The molecular weight excluding hydrogens is 238 g/mol. The van der Waals surface area contributed by atoms with Crippen molar-refractivity contribution in [3.63, 3.8) is 0 Å². The maximum atomic E-state index is 12.1. The van der Waals surface area contributed by atoms with Crippen molar-refractivity contribution < 1.29 is 4.79 Å². The first-order valence-electron chi connectivity index (χ1n) is 6.01. The van der Waals surface area contributed by atoms with Crippen LogP contribution in [0.2, 0.25) is 5.02 Å². The van der Waals surface area contributed by atoms with E-state index in [4.69, 9.17) is 11.6 Å². The van der Waals surface area contributed by atoms with Crippen LogP contribution in [-0.2, 0) is 0 Å². The summed E-state index contributed by atoms with van der Waals surface area (Å²) in [4.78, 5) is 23.0. The van der Waals surface area contributed by atoms with Crippen molar-refractivity contribution in [2.24, 2.45) is 5.92 Å². The van der Waals surface area contributed by atoms with E-state index in [0.29, 0.717) is 12.2 Å². The zero-order valence-corrected chi connectivity index (χ0v) is 10.6. The maximum absolute atomic E-state index is 12.1. The molecule has 0 saturated heterocycles. The van der Waals surface area contributed by atoms with Gasteiger partial charge in [0.1, 0.15) is 0 Å². The zero-order chi connectivity index (χ0) is 12.4. The second kappa shape index (κ2) is 5.05. The molecule has 1 aromatic heterocycles. The Kier molecular flexibility index (Phi) is 3.67. The molecule has 1 aliphatic rings. The Hall–Kier alpha value is -1.09. The van der Waals surface area contributed by atoms with Gasteiger partial charge in [0.15, 0.2) is 6.29 Å². The highest BCUT2D eigenvalue weighted by molar-refractivity contribution is 6.32. The SMILES string of the molecule is CC1CCCCC1n1ccc(Cl)c(C=O)c1=O. The standard InChI is InChI=1S/C13H16ClNO2/c1-9-4-2-3-5-12(9)15-7-6-11(14)10(8-16)13(15)17/h6-9,12H,2-5H2,1H3. The van der Waals surface area contributed by atoms with Crippen molar-refractivity contribution in [1.29, 1.82) is 0 Å². The molecular formula is C13H16ClNO2. The van der Waals surface area contributed by atoms with Gasteiger partial charge in [0.05, 0.1) is 10.6 Å². The number of rotatable bonds is 2. The van der Waals surface area contributed by atoms with Crippen LogP contribution in [0.3, 0.4) is 0 Å². The number of hydrogen-bond acceptors (Lipinski definition) is 2. The molecule has 0 bridgehead atoms. The molecule has 1 aliphatic carbocycles. The van der Waals surface area contributed by atoms with Crippen molar-refractivity contribution >= 4 is 17.9 Å². The van der Waals surface area contributed by atoms with Crippen LogP contribution in [0.5, 0.6) is 0 Å². The minimum Gasteiger partial charge on any atom is -0.311 e. The molecule has 0 aliphatic heterocycles. The molecule has 0 aromatic carbocycles. The lowest BCUT2D eigenvalue weighted by molar-refractivity contribution is 0.112. The van der Waals surface area contributed by atoms with Crippen molar-refractivity contribution in [1.82, 2.24) is 4.57 Å². The Bertz CT molecular complexity index is 481. The molecule has 1 heterocycles. The molecule has 92 valence electrons. The molecule has 2 rings (SSSR count). The second-order valence-corrected chi connectivity index (χ2v) is 5.14. The van der Waals surface area contributed by atoms with Crippen LogP contribution < -0.4 is 5.56 Å². The summed E-state index contributed by atoms with van der Waals surface area (Å²) in [6.07, 6.45) is 6.76. The predicted octanol–water partition coefficient (Wildman–Crippen LogP) is 3.07. The number of nitrogens with zero attached hydrogens (tertiary/aromatic N) is 1. The Morgan fingerprint density at radius 2 is 2.12 bits per heavy atom. The first kappa shape index (κ1) is 12.4. The lowest BCUT2D eigenvalue weighted by Crippen LogP contribution is -2.32. The third-order valence-corrected chi connectivity index (χ3v) is 3.97. The summed E-state index contributed by atoms with van der Waals surface area (Å²) in [6, 6.07) is 1.83. The maximum Gasteiger partial charge on any atom is 0.262 e. The van der Waals surface area contributed by atoms with Gasteiger partial charge in [-0.05, 0) is 24.8 Å². The highest BCUT2D eigenvalue weighted by Gasteiger charge is 2.24. The van der Waals surface area contributed by atoms with Crippen molar-refractivity contribution in [3.8, 4) is 0 Å². The molecule has 2 atom stereocenters. The Morgan fingerprint density at radius 1 is 1.41 bits per heavy atom. The summed E-state index contributed by atoms with van der Waals surface area (Å²) in [5.41, 5.74) is -0.182. The second-order valence-electron chi connectivity index (χ2n) is 4.74. The van der Waals surface area contributed by atoms with E-state index in [2.05, 4.69) is 6.92 Å². The van der Waals surface area contributed by atoms with E-state index in [9.17, 15) is 9.59 Å². The molecule has 4 heteroatoms. The average Bonchev–Trinajstić information content (AvgIpc) is 2.31. The molecule has 1 saturated carbocycles. The molecule has 1 fully saturated rings. The van der Waals surface area contributed by atoms with Gasteiger partial charge in [-0.1, -0.05) is 31.4 Å². The lowest BCUT2D eigenvalue weighted by Gasteiger charge is -2.30. The van der Waals surface area contributed by atoms with E-state index < -0.39 is 0 Å². The van der Waals surface area contributed by atoms with Crippen LogP contribution in [0.4, 0.5) is 0 Å². The minimum atomic E-state index is -0.258. The molecule has 1 aromatic rings. The van der Waals surface area contributed by atoms with Gasteiger partial charge in [-0.2, -0.15) is 0 Å². The van der Waals surface area contributed by atoms with Crippen LogP contribution in [0, 0.1) is 5.92 Å². The van der Waals surface area contributed by atoms with E-state index in [-0.39, 0.29) is 22.2 Å². The smallest absolute Gasteiger partial charge is 0.262 e. The number of carbonyl (C=O) groups excluding carboxylic acids is 1. The van der Waals surface area contributed by atoms with E-state index in [1.165, 1.54) is 6.42 Å². The summed E-state index contributed by atoms with van der Waals surface area (Å²) in [5, 5.41) is 0.240. The van der Waals surface area contributed by atoms with Gasteiger partial charge in [-0.15, -0.1) is 0 Å². The first-order chi connectivity index (χ1) is 8.15. The normalized spacial score (nSPS) is 24.6. The van der Waals surface area contributed by atoms with Gasteiger partial charge < -0.3 is 4.57 Å². The zero-order valence-electron chi connectivity index (χ0n) is 9.86. The average molecular weight is 254 g/mol. The summed E-state index contributed by atoms with van der Waals surface area (Å²) >= 11 is 5.83. The van der Waals surface area contributed by atoms with Gasteiger partial charge in [0, 0.05) is 12.2 Å². The number of aromatic nitrogens is 1. The third kappa shape index (κ3) is 2.29. The van der Waals surface area contributed by atoms with Crippen LogP contribution >= 0.6 is 11.6 Å². The van der Waals surface area contributed by atoms with Crippen molar-refractivity contribution in [2.75, 3.05) is 0 Å². The summed E-state index contributed by atoms with van der Waals surface area (Å²) < 4.78 is 1.68. The minimum absolute atomic E-state index is 0.0759. The van der Waals surface area contributed by atoms with Crippen LogP contribution in [0.1, 0.15) is 49.0 Å². The van der Waals surface area contributed by atoms with Gasteiger partial charge in [-0.25, -0.2) is 0 Å². The number of aldehydes is 1.